The van der Waals surface area contributed by atoms with E-state index >= 15 is 0 Å². The number of hydrogen-bond acceptors (Lipinski definition) is 8. The lowest BCUT2D eigenvalue weighted by Gasteiger charge is -2.03. The minimum absolute atomic E-state index is 0.0233. The summed E-state index contributed by atoms with van der Waals surface area (Å²) in [6.07, 6.45) is 0. The number of ether oxygens (including phenoxy) is 2. The topological polar surface area (TPSA) is 117 Å². The second kappa shape index (κ2) is 8.08. The van der Waals surface area contributed by atoms with Gasteiger partial charge in [-0.2, -0.15) is 0 Å². The van der Waals surface area contributed by atoms with Crippen LogP contribution in [0.15, 0.2) is 57.4 Å². The fourth-order valence-corrected chi connectivity index (χ4v) is 2.84. The third-order valence-electron chi connectivity index (χ3n) is 4.36. The van der Waals surface area contributed by atoms with Gasteiger partial charge in [-0.3, -0.25) is 10.1 Å². The first-order valence-electron chi connectivity index (χ1n) is 8.98. The van der Waals surface area contributed by atoms with E-state index in [-0.39, 0.29) is 17.7 Å². The molecule has 0 saturated carbocycles. The van der Waals surface area contributed by atoms with Gasteiger partial charge in [-0.15, -0.1) is 5.10 Å². The van der Waals surface area contributed by atoms with Gasteiger partial charge in [-0.1, -0.05) is 23.3 Å². The van der Waals surface area contributed by atoms with Crippen molar-refractivity contribution in [1.82, 2.24) is 10.2 Å². The molecule has 0 unspecified atom stereocenters. The molecule has 152 valence electrons. The Labute approximate surface area is 170 Å². The van der Waals surface area contributed by atoms with Crippen LogP contribution in [-0.4, -0.2) is 35.8 Å². The predicted octanol–water partition coefficient (Wildman–Crippen LogP) is 3.60. The van der Waals surface area contributed by atoms with E-state index < -0.39 is 18.5 Å². The Hall–Kier alpha value is -4.14. The van der Waals surface area contributed by atoms with Crippen LogP contribution in [0.3, 0.4) is 0 Å². The highest BCUT2D eigenvalue weighted by Crippen LogP contribution is 2.29. The highest BCUT2D eigenvalue weighted by molar-refractivity contribution is 5.98. The fraction of sp³-hybridized carbons (Fsp3) is 0.143. The van der Waals surface area contributed by atoms with Crippen LogP contribution in [0.4, 0.5) is 6.01 Å². The van der Waals surface area contributed by atoms with Crippen LogP contribution in [0.25, 0.3) is 22.4 Å². The summed E-state index contributed by atoms with van der Waals surface area (Å²) in [5.74, 6) is -0.457. The summed E-state index contributed by atoms with van der Waals surface area (Å²) in [5.41, 5.74) is 1.83. The van der Waals surface area contributed by atoms with Crippen molar-refractivity contribution < 1.29 is 27.9 Å². The molecule has 0 aliphatic rings. The first-order chi connectivity index (χ1) is 14.5. The SMILES string of the molecule is COc1ccc2oc(C(=O)OCC(=O)Nc3nnc(-c4ccccc4)o3)c(C)c2c1. The molecule has 1 amide bonds. The maximum Gasteiger partial charge on any atom is 0.375 e. The Balaban J connectivity index is 1.38. The van der Waals surface area contributed by atoms with Crippen LogP contribution >= 0.6 is 0 Å². The Morgan fingerprint density at radius 1 is 1.07 bits per heavy atom. The number of carbonyl (C=O) groups is 2. The van der Waals surface area contributed by atoms with E-state index in [0.717, 1.165) is 5.39 Å². The molecule has 2 aromatic carbocycles. The molecule has 0 saturated heterocycles. The summed E-state index contributed by atoms with van der Waals surface area (Å²) in [5, 5.41) is 10.7. The van der Waals surface area contributed by atoms with Gasteiger partial charge in [-0.25, -0.2) is 4.79 Å². The van der Waals surface area contributed by atoms with Crippen LogP contribution in [0, 0.1) is 6.92 Å². The number of furan rings is 1. The lowest BCUT2D eigenvalue weighted by atomic mass is 10.1. The normalized spacial score (nSPS) is 10.7. The Kier molecular flexibility index (Phi) is 5.17. The summed E-state index contributed by atoms with van der Waals surface area (Å²) >= 11 is 0. The lowest BCUT2D eigenvalue weighted by molar-refractivity contribution is -0.119. The molecular formula is C21H17N3O6. The number of esters is 1. The molecule has 30 heavy (non-hydrogen) atoms. The average Bonchev–Trinajstić information content (AvgIpc) is 3.37. The summed E-state index contributed by atoms with van der Waals surface area (Å²) in [4.78, 5) is 24.4. The van der Waals surface area contributed by atoms with Gasteiger partial charge in [0, 0.05) is 16.5 Å². The van der Waals surface area contributed by atoms with E-state index in [4.69, 9.17) is 18.3 Å². The van der Waals surface area contributed by atoms with E-state index in [1.807, 2.05) is 18.2 Å². The molecule has 4 rings (SSSR count). The van der Waals surface area contributed by atoms with Gasteiger partial charge >= 0.3 is 12.0 Å². The number of nitrogens with zero attached hydrogens (tertiary/aromatic N) is 2. The number of hydrogen-bond donors (Lipinski definition) is 1. The van der Waals surface area contributed by atoms with Crippen molar-refractivity contribution in [2.45, 2.75) is 6.92 Å². The number of nitrogens with one attached hydrogen (secondary N) is 1. The van der Waals surface area contributed by atoms with Crippen molar-refractivity contribution in [2.75, 3.05) is 19.0 Å². The zero-order valence-corrected chi connectivity index (χ0v) is 16.2. The summed E-state index contributed by atoms with van der Waals surface area (Å²) < 4.78 is 21.2. The number of methoxy groups -OCH3 is 1. The van der Waals surface area contributed by atoms with Gasteiger partial charge in [0.15, 0.2) is 6.61 Å². The number of aryl methyl sites for hydroxylation is 1. The van der Waals surface area contributed by atoms with Gasteiger partial charge in [-0.05, 0) is 37.3 Å². The number of fused-ring (bicyclic) bond motifs is 1. The zero-order chi connectivity index (χ0) is 21.1. The van der Waals surface area contributed by atoms with Crippen molar-refractivity contribution in [3.8, 4) is 17.2 Å². The molecule has 0 atom stereocenters. The Morgan fingerprint density at radius 2 is 1.87 bits per heavy atom. The zero-order valence-electron chi connectivity index (χ0n) is 16.2. The van der Waals surface area contributed by atoms with Crippen LogP contribution in [0.2, 0.25) is 0 Å². The number of amides is 1. The second-order valence-corrected chi connectivity index (χ2v) is 6.32. The molecule has 9 heteroatoms. The van der Waals surface area contributed by atoms with E-state index in [0.29, 0.717) is 22.5 Å². The molecule has 0 radical (unpaired) electrons. The van der Waals surface area contributed by atoms with Gasteiger partial charge in [0.2, 0.25) is 11.7 Å². The lowest BCUT2D eigenvalue weighted by Crippen LogP contribution is -2.21. The molecule has 4 aromatic rings. The maximum absolute atomic E-state index is 12.4. The minimum atomic E-state index is -0.756. The smallest absolute Gasteiger partial charge is 0.375 e. The average molecular weight is 407 g/mol. The van der Waals surface area contributed by atoms with E-state index in [9.17, 15) is 9.59 Å². The third-order valence-corrected chi connectivity index (χ3v) is 4.36. The van der Waals surface area contributed by atoms with Gasteiger partial charge in [0.05, 0.1) is 7.11 Å². The molecule has 2 heterocycles. The molecule has 0 spiro atoms. The Bertz CT molecular complexity index is 1210. The van der Waals surface area contributed by atoms with E-state index in [1.165, 1.54) is 0 Å². The van der Waals surface area contributed by atoms with Crippen molar-refractivity contribution in [2.24, 2.45) is 0 Å². The standard InChI is InChI=1S/C21H17N3O6/c1-12-15-10-14(27-2)8-9-16(15)29-18(12)20(26)28-11-17(25)22-21-24-23-19(30-21)13-6-4-3-5-7-13/h3-10H,11H2,1-2H3,(H,22,24,25). The maximum atomic E-state index is 12.4. The highest BCUT2D eigenvalue weighted by atomic mass is 16.5. The first kappa shape index (κ1) is 19.2. The predicted molar refractivity (Wildman–Crippen MR) is 106 cm³/mol. The van der Waals surface area contributed by atoms with Crippen LogP contribution in [0.5, 0.6) is 5.75 Å². The molecule has 9 nitrogen and oxygen atoms in total. The number of aromatic nitrogens is 2. The van der Waals surface area contributed by atoms with E-state index in [2.05, 4.69) is 15.5 Å². The fourth-order valence-electron chi connectivity index (χ4n) is 2.84. The molecule has 2 aromatic heterocycles. The summed E-state index contributed by atoms with van der Waals surface area (Å²) in [6, 6.07) is 14.2. The van der Waals surface area contributed by atoms with E-state index in [1.54, 1.807) is 44.4 Å². The third kappa shape index (κ3) is 3.86. The first-order valence-corrected chi connectivity index (χ1v) is 8.98. The van der Waals surface area contributed by atoms with Crippen molar-refractivity contribution in [3.63, 3.8) is 0 Å². The van der Waals surface area contributed by atoms with Crippen LogP contribution in [-0.2, 0) is 9.53 Å². The number of carbonyl (C=O) groups excluding carboxylic acids is 2. The quantitative estimate of drug-likeness (QED) is 0.482. The molecule has 0 fully saturated rings. The second-order valence-electron chi connectivity index (χ2n) is 6.32. The van der Waals surface area contributed by atoms with Crippen LogP contribution < -0.4 is 10.1 Å². The summed E-state index contributed by atoms with van der Waals surface area (Å²) in [7, 11) is 1.55. The molecule has 0 aliphatic carbocycles. The van der Waals surface area contributed by atoms with Gasteiger partial charge < -0.3 is 18.3 Å². The Morgan fingerprint density at radius 3 is 2.63 bits per heavy atom. The number of anilines is 1. The minimum Gasteiger partial charge on any atom is -0.497 e. The molecular weight excluding hydrogens is 390 g/mol. The molecule has 0 bridgehead atoms. The van der Waals surface area contributed by atoms with Crippen LogP contribution in [0.1, 0.15) is 16.1 Å². The van der Waals surface area contributed by atoms with Crippen molar-refractivity contribution in [3.05, 3.63) is 59.9 Å². The number of benzene rings is 2. The van der Waals surface area contributed by atoms with Crippen molar-refractivity contribution in [1.29, 1.82) is 0 Å². The number of rotatable bonds is 6. The highest BCUT2D eigenvalue weighted by Gasteiger charge is 2.21. The summed E-state index contributed by atoms with van der Waals surface area (Å²) in [6.45, 7) is 1.19. The largest absolute Gasteiger partial charge is 0.497 e. The van der Waals surface area contributed by atoms with Gasteiger partial charge in [0.25, 0.3) is 5.91 Å². The molecule has 1 N–H and O–H groups in total. The van der Waals surface area contributed by atoms with Crippen molar-refractivity contribution >= 4 is 28.9 Å². The monoisotopic (exact) mass is 407 g/mol. The molecule has 0 aliphatic heterocycles. The van der Waals surface area contributed by atoms with Gasteiger partial charge in [0.1, 0.15) is 11.3 Å².